The van der Waals surface area contributed by atoms with Crippen molar-refractivity contribution in [3.05, 3.63) is 35.4 Å². The molecule has 1 aromatic carbocycles. The fourth-order valence-corrected chi connectivity index (χ4v) is 3.06. The number of nitrogens with zero attached hydrogens (tertiary/aromatic N) is 1. The summed E-state index contributed by atoms with van der Waals surface area (Å²) in [5.74, 6) is -0.366. The van der Waals surface area contributed by atoms with Crippen LogP contribution in [0.5, 0.6) is 0 Å². The molecule has 1 saturated carbocycles. The number of hydroxylamine groups is 1. The zero-order chi connectivity index (χ0) is 14.7. The van der Waals surface area contributed by atoms with Crippen LogP contribution in [-0.2, 0) is 22.7 Å². The lowest BCUT2D eigenvalue weighted by atomic mass is 9.89. The summed E-state index contributed by atoms with van der Waals surface area (Å²) in [6, 6.07) is 7.59. The molecule has 2 aliphatic rings. The Bertz CT molecular complexity index is 513. The molecule has 3 rings (SSSR count). The van der Waals surface area contributed by atoms with E-state index in [2.05, 4.69) is 5.48 Å². The lowest BCUT2D eigenvalue weighted by molar-refractivity contribution is -0.155. The predicted molar refractivity (Wildman–Crippen MR) is 76.9 cm³/mol. The van der Waals surface area contributed by atoms with Gasteiger partial charge in [0, 0.05) is 13.1 Å². The zero-order valence-electron chi connectivity index (χ0n) is 12.0. The molecule has 0 atom stereocenters. The summed E-state index contributed by atoms with van der Waals surface area (Å²) in [7, 11) is 0. The van der Waals surface area contributed by atoms with E-state index in [9.17, 15) is 9.59 Å². The van der Waals surface area contributed by atoms with Gasteiger partial charge in [0.15, 0.2) is 0 Å². The molecule has 1 aliphatic carbocycles. The van der Waals surface area contributed by atoms with E-state index in [1.807, 2.05) is 24.3 Å². The van der Waals surface area contributed by atoms with Crippen molar-refractivity contribution in [3.8, 4) is 0 Å². The zero-order valence-corrected chi connectivity index (χ0v) is 12.0. The Kier molecular flexibility index (Phi) is 4.08. The lowest BCUT2D eigenvalue weighted by Gasteiger charge is -2.21. The van der Waals surface area contributed by atoms with E-state index in [0.29, 0.717) is 13.1 Å². The third-order valence-corrected chi connectivity index (χ3v) is 4.31. The third-order valence-electron chi connectivity index (χ3n) is 4.31. The van der Waals surface area contributed by atoms with Crippen LogP contribution in [0.2, 0.25) is 0 Å². The maximum atomic E-state index is 12.0. The molecule has 0 aromatic heterocycles. The maximum absolute atomic E-state index is 12.0. The van der Waals surface area contributed by atoms with Crippen molar-refractivity contribution in [2.75, 3.05) is 0 Å². The van der Waals surface area contributed by atoms with E-state index in [0.717, 1.165) is 36.8 Å². The first-order valence-corrected chi connectivity index (χ1v) is 7.56. The predicted octanol–water partition coefficient (Wildman–Crippen LogP) is 2.75. The summed E-state index contributed by atoms with van der Waals surface area (Å²) >= 11 is 0. The number of amides is 2. The van der Waals surface area contributed by atoms with Gasteiger partial charge in [-0.2, -0.15) is 5.48 Å². The highest BCUT2D eigenvalue weighted by molar-refractivity contribution is 5.78. The first-order valence-electron chi connectivity index (χ1n) is 7.56. The van der Waals surface area contributed by atoms with Gasteiger partial charge in [-0.15, -0.1) is 0 Å². The fraction of sp³-hybridized carbons (Fsp3) is 0.500. The number of rotatable bonds is 1. The molecule has 2 amide bonds. The molecule has 0 unspecified atom stereocenters. The minimum absolute atomic E-state index is 0.0603. The Morgan fingerprint density at radius 2 is 1.67 bits per heavy atom. The maximum Gasteiger partial charge on any atom is 0.351 e. The number of urea groups is 1. The average molecular weight is 288 g/mol. The number of hydrogen-bond acceptors (Lipinski definition) is 3. The van der Waals surface area contributed by atoms with Crippen molar-refractivity contribution in [1.82, 2.24) is 10.4 Å². The number of carbonyl (C=O) groups is 2. The van der Waals surface area contributed by atoms with Crippen LogP contribution in [0.15, 0.2) is 24.3 Å². The molecule has 1 aromatic rings. The molecular formula is C16H20N2O3. The number of fused-ring (bicyclic) bond motifs is 1. The highest BCUT2D eigenvalue weighted by atomic mass is 16.7. The monoisotopic (exact) mass is 288 g/mol. The molecule has 112 valence electrons. The topological polar surface area (TPSA) is 58.6 Å². The summed E-state index contributed by atoms with van der Waals surface area (Å²) in [4.78, 5) is 30.5. The van der Waals surface area contributed by atoms with E-state index in [4.69, 9.17) is 4.84 Å². The average Bonchev–Trinajstić information content (AvgIpc) is 2.97. The van der Waals surface area contributed by atoms with Gasteiger partial charge in [0.05, 0.1) is 5.92 Å². The van der Waals surface area contributed by atoms with Crippen molar-refractivity contribution < 1.29 is 14.4 Å². The quantitative estimate of drug-likeness (QED) is 0.808. The Labute approximate surface area is 124 Å². The van der Waals surface area contributed by atoms with Gasteiger partial charge in [-0.05, 0) is 24.0 Å². The van der Waals surface area contributed by atoms with E-state index in [1.54, 1.807) is 4.90 Å². The van der Waals surface area contributed by atoms with Gasteiger partial charge in [0.2, 0.25) is 0 Å². The standard InChI is InChI=1S/C16H20N2O3/c19-15(12-6-2-1-3-7-12)21-17-16(20)18-10-13-8-4-5-9-14(13)11-18/h4-5,8-9,12H,1-3,6-7,10-11H2,(H,17,20). The van der Waals surface area contributed by atoms with Crippen LogP contribution in [0.25, 0.3) is 0 Å². The van der Waals surface area contributed by atoms with Gasteiger partial charge in [-0.25, -0.2) is 9.59 Å². The molecule has 1 fully saturated rings. The molecule has 21 heavy (non-hydrogen) atoms. The van der Waals surface area contributed by atoms with Crippen molar-refractivity contribution >= 4 is 12.0 Å². The summed E-state index contributed by atoms with van der Waals surface area (Å²) in [5.41, 5.74) is 4.58. The van der Waals surface area contributed by atoms with Crippen molar-refractivity contribution in [2.45, 2.75) is 45.2 Å². The summed E-state index contributed by atoms with van der Waals surface area (Å²) in [6.45, 7) is 1.12. The summed E-state index contributed by atoms with van der Waals surface area (Å²) in [5, 5.41) is 0. The van der Waals surface area contributed by atoms with E-state index in [-0.39, 0.29) is 17.9 Å². The first kappa shape index (κ1) is 13.9. The Morgan fingerprint density at radius 3 is 2.29 bits per heavy atom. The number of benzene rings is 1. The molecule has 1 N–H and O–H groups in total. The first-order chi connectivity index (χ1) is 10.2. The van der Waals surface area contributed by atoms with Gasteiger partial charge in [-0.3, -0.25) is 0 Å². The minimum atomic E-state index is -0.352. The second-order valence-electron chi connectivity index (χ2n) is 5.79. The SMILES string of the molecule is O=C(ONC(=O)N1Cc2ccccc2C1)C1CCCCC1. The summed E-state index contributed by atoms with van der Waals surface area (Å²) in [6.07, 6.45) is 5.04. The van der Waals surface area contributed by atoms with Crippen molar-refractivity contribution in [2.24, 2.45) is 5.92 Å². The highest BCUT2D eigenvalue weighted by Gasteiger charge is 2.26. The van der Waals surface area contributed by atoms with Crippen LogP contribution in [0.3, 0.4) is 0 Å². The molecule has 5 heteroatoms. The molecule has 0 bridgehead atoms. The van der Waals surface area contributed by atoms with Gasteiger partial charge in [-0.1, -0.05) is 43.5 Å². The minimum Gasteiger partial charge on any atom is -0.339 e. The van der Waals surface area contributed by atoms with Crippen molar-refractivity contribution in [3.63, 3.8) is 0 Å². The van der Waals surface area contributed by atoms with Gasteiger partial charge >= 0.3 is 12.0 Å². The molecule has 1 aliphatic heterocycles. The highest BCUT2D eigenvalue weighted by Crippen LogP contribution is 2.25. The van der Waals surface area contributed by atoms with E-state index >= 15 is 0 Å². The number of nitrogens with one attached hydrogen (secondary N) is 1. The lowest BCUT2D eigenvalue weighted by Crippen LogP contribution is -2.39. The molecule has 0 spiro atoms. The van der Waals surface area contributed by atoms with E-state index < -0.39 is 0 Å². The Balaban J connectivity index is 1.48. The number of carbonyl (C=O) groups excluding carboxylic acids is 2. The normalized spacial score (nSPS) is 18.2. The second kappa shape index (κ2) is 6.16. The molecular weight excluding hydrogens is 268 g/mol. The van der Waals surface area contributed by atoms with Crippen LogP contribution >= 0.6 is 0 Å². The molecule has 0 saturated heterocycles. The van der Waals surface area contributed by atoms with Crippen molar-refractivity contribution in [1.29, 1.82) is 0 Å². The molecule has 5 nitrogen and oxygen atoms in total. The smallest absolute Gasteiger partial charge is 0.339 e. The number of hydrogen-bond donors (Lipinski definition) is 1. The van der Waals surface area contributed by atoms with Gasteiger partial charge in [0.25, 0.3) is 0 Å². The van der Waals surface area contributed by atoms with Crippen LogP contribution in [0, 0.1) is 5.92 Å². The van der Waals surface area contributed by atoms with Gasteiger partial charge < -0.3 is 9.74 Å². The van der Waals surface area contributed by atoms with Crippen LogP contribution in [-0.4, -0.2) is 16.9 Å². The largest absolute Gasteiger partial charge is 0.351 e. The molecule has 0 radical (unpaired) electrons. The Hall–Kier alpha value is -2.04. The van der Waals surface area contributed by atoms with Gasteiger partial charge in [0.1, 0.15) is 0 Å². The summed E-state index contributed by atoms with van der Waals surface area (Å²) < 4.78 is 0. The fourth-order valence-electron chi connectivity index (χ4n) is 3.06. The molecule has 1 heterocycles. The Morgan fingerprint density at radius 1 is 1.05 bits per heavy atom. The van der Waals surface area contributed by atoms with Crippen LogP contribution < -0.4 is 5.48 Å². The van der Waals surface area contributed by atoms with Crippen LogP contribution in [0.4, 0.5) is 4.79 Å². The third kappa shape index (κ3) is 3.17. The van der Waals surface area contributed by atoms with E-state index in [1.165, 1.54) is 6.42 Å². The second-order valence-corrected chi connectivity index (χ2v) is 5.79. The van der Waals surface area contributed by atoms with Crippen LogP contribution in [0.1, 0.15) is 43.2 Å².